The summed E-state index contributed by atoms with van der Waals surface area (Å²) >= 11 is 0. The SMILES string of the molecule is O=C1C(=O)N(CCCCCO)c2c(F)cc(F)cc21. The summed E-state index contributed by atoms with van der Waals surface area (Å²) in [6.45, 7) is 0.225. The fraction of sp³-hybridized carbons (Fsp3) is 0.385. The van der Waals surface area contributed by atoms with Crippen LogP contribution in [-0.2, 0) is 4.79 Å². The maximum Gasteiger partial charge on any atom is 0.299 e. The Kier molecular flexibility index (Phi) is 3.90. The molecule has 19 heavy (non-hydrogen) atoms. The van der Waals surface area contributed by atoms with Crippen LogP contribution >= 0.6 is 0 Å². The quantitative estimate of drug-likeness (QED) is 0.653. The van der Waals surface area contributed by atoms with Crippen molar-refractivity contribution >= 4 is 17.4 Å². The molecule has 0 fully saturated rings. The van der Waals surface area contributed by atoms with E-state index in [-0.39, 0.29) is 24.4 Å². The van der Waals surface area contributed by atoms with Crippen molar-refractivity contribution < 1.29 is 23.5 Å². The van der Waals surface area contributed by atoms with Crippen LogP contribution in [0.15, 0.2) is 12.1 Å². The fourth-order valence-electron chi connectivity index (χ4n) is 2.12. The molecule has 102 valence electrons. The van der Waals surface area contributed by atoms with Crippen molar-refractivity contribution in [3.63, 3.8) is 0 Å². The number of anilines is 1. The monoisotopic (exact) mass is 269 g/mol. The van der Waals surface area contributed by atoms with Crippen LogP contribution in [0.3, 0.4) is 0 Å². The van der Waals surface area contributed by atoms with Crippen molar-refractivity contribution in [2.24, 2.45) is 0 Å². The van der Waals surface area contributed by atoms with E-state index in [9.17, 15) is 18.4 Å². The van der Waals surface area contributed by atoms with Crippen molar-refractivity contribution in [2.75, 3.05) is 18.1 Å². The van der Waals surface area contributed by atoms with E-state index in [0.717, 1.165) is 11.0 Å². The Morgan fingerprint density at radius 2 is 1.84 bits per heavy atom. The maximum atomic E-state index is 13.7. The summed E-state index contributed by atoms with van der Waals surface area (Å²) in [7, 11) is 0. The number of rotatable bonds is 5. The lowest BCUT2D eigenvalue weighted by Gasteiger charge is -2.16. The predicted molar refractivity (Wildman–Crippen MR) is 64.0 cm³/mol. The van der Waals surface area contributed by atoms with Crippen LogP contribution in [0.2, 0.25) is 0 Å². The number of benzene rings is 1. The number of Topliss-reactive ketones (excluding diaryl/α,β-unsaturated/α-hetero) is 1. The number of fused-ring (bicyclic) bond motifs is 1. The zero-order valence-corrected chi connectivity index (χ0v) is 10.2. The minimum absolute atomic E-state index is 0.0447. The van der Waals surface area contributed by atoms with Gasteiger partial charge in [0.15, 0.2) is 5.82 Å². The minimum atomic E-state index is -0.906. The van der Waals surface area contributed by atoms with E-state index in [1.54, 1.807) is 0 Å². The Morgan fingerprint density at radius 1 is 1.11 bits per heavy atom. The molecule has 1 aliphatic rings. The molecule has 0 bridgehead atoms. The molecule has 1 amide bonds. The molecular formula is C13H13F2NO3. The first-order valence-electron chi connectivity index (χ1n) is 6.02. The first-order chi connectivity index (χ1) is 9.06. The van der Waals surface area contributed by atoms with E-state index in [2.05, 4.69) is 0 Å². The number of nitrogens with zero attached hydrogens (tertiary/aromatic N) is 1. The molecule has 0 saturated heterocycles. The average Bonchev–Trinajstić information content (AvgIpc) is 2.60. The fourth-order valence-corrected chi connectivity index (χ4v) is 2.12. The molecule has 1 aliphatic heterocycles. The Labute approximate surface area is 108 Å². The van der Waals surface area contributed by atoms with Crippen LogP contribution in [0, 0.1) is 11.6 Å². The molecule has 0 aromatic heterocycles. The van der Waals surface area contributed by atoms with Gasteiger partial charge in [-0.3, -0.25) is 9.59 Å². The van der Waals surface area contributed by atoms with E-state index < -0.39 is 23.3 Å². The molecule has 1 aromatic carbocycles. The summed E-state index contributed by atoms with van der Waals surface area (Å²) in [6.07, 6.45) is 1.77. The second kappa shape index (κ2) is 5.44. The van der Waals surface area contributed by atoms with Gasteiger partial charge in [-0.1, -0.05) is 0 Å². The lowest BCUT2D eigenvalue weighted by Crippen LogP contribution is -2.31. The number of hydrogen-bond donors (Lipinski definition) is 1. The van der Waals surface area contributed by atoms with Crippen molar-refractivity contribution in [3.8, 4) is 0 Å². The number of amides is 1. The number of unbranched alkanes of at least 4 members (excludes halogenated alkanes) is 2. The molecule has 1 N–H and O–H groups in total. The number of ketones is 1. The number of carbonyl (C=O) groups is 2. The van der Waals surface area contributed by atoms with Crippen LogP contribution in [-0.4, -0.2) is 29.9 Å². The van der Waals surface area contributed by atoms with Crippen LogP contribution in [0.5, 0.6) is 0 Å². The second-order valence-electron chi connectivity index (χ2n) is 4.35. The third kappa shape index (κ3) is 2.49. The largest absolute Gasteiger partial charge is 0.396 e. The normalized spacial score (nSPS) is 14.2. The predicted octanol–water partition coefficient (Wildman–Crippen LogP) is 1.66. The molecule has 1 heterocycles. The number of halogens is 2. The molecule has 0 unspecified atom stereocenters. The van der Waals surface area contributed by atoms with Crippen molar-refractivity contribution in [3.05, 3.63) is 29.3 Å². The maximum absolute atomic E-state index is 13.7. The molecule has 1 aromatic rings. The van der Waals surface area contributed by atoms with Gasteiger partial charge in [0.05, 0.1) is 11.3 Å². The highest BCUT2D eigenvalue weighted by Gasteiger charge is 2.38. The Balaban J connectivity index is 2.23. The molecule has 0 atom stereocenters. The number of aliphatic hydroxyl groups excluding tert-OH is 1. The standard InChI is InChI=1S/C13H13F2NO3/c14-8-6-9-11(10(15)7-8)16(13(19)12(9)18)4-2-1-3-5-17/h6-7,17H,1-5H2. The van der Waals surface area contributed by atoms with Gasteiger partial charge in [-0.25, -0.2) is 8.78 Å². The van der Waals surface area contributed by atoms with E-state index in [0.29, 0.717) is 25.3 Å². The smallest absolute Gasteiger partial charge is 0.299 e. The summed E-state index contributed by atoms with van der Waals surface area (Å²) in [5, 5.41) is 8.65. The molecule has 6 heteroatoms. The Bertz CT molecular complexity index is 531. The van der Waals surface area contributed by atoms with E-state index in [4.69, 9.17) is 5.11 Å². The number of carbonyl (C=O) groups excluding carboxylic acids is 2. The van der Waals surface area contributed by atoms with Gasteiger partial charge in [0.1, 0.15) is 5.82 Å². The minimum Gasteiger partial charge on any atom is -0.396 e. The van der Waals surface area contributed by atoms with E-state index in [1.807, 2.05) is 0 Å². The second-order valence-corrected chi connectivity index (χ2v) is 4.35. The van der Waals surface area contributed by atoms with Gasteiger partial charge in [-0.2, -0.15) is 0 Å². The van der Waals surface area contributed by atoms with Crippen LogP contribution < -0.4 is 4.90 Å². The van der Waals surface area contributed by atoms with Crippen molar-refractivity contribution in [2.45, 2.75) is 19.3 Å². The lowest BCUT2D eigenvalue weighted by atomic mass is 10.1. The third-order valence-corrected chi connectivity index (χ3v) is 3.02. The average molecular weight is 269 g/mol. The zero-order chi connectivity index (χ0) is 14.0. The van der Waals surface area contributed by atoms with E-state index in [1.165, 1.54) is 0 Å². The molecule has 0 saturated carbocycles. The van der Waals surface area contributed by atoms with Gasteiger partial charge >= 0.3 is 0 Å². The number of hydrogen-bond acceptors (Lipinski definition) is 3. The van der Waals surface area contributed by atoms with E-state index >= 15 is 0 Å². The first-order valence-corrected chi connectivity index (χ1v) is 6.02. The molecule has 2 rings (SSSR count). The first kappa shape index (κ1) is 13.6. The Hall–Kier alpha value is -1.82. The van der Waals surface area contributed by atoms with Gasteiger partial charge < -0.3 is 10.0 Å². The lowest BCUT2D eigenvalue weighted by molar-refractivity contribution is -0.114. The van der Waals surface area contributed by atoms with Crippen LogP contribution in [0.1, 0.15) is 29.6 Å². The molecule has 4 nitrogen and oxygen atoms in total. The summed E-state index contributed by atoms with van der Waals surface area (Å²) < 4.78 is 26.8. The molecular weight excluding hydrogens is 256 g/mol. The summed E-state index contributed by atoms with van der Waals surface area (Å²) in [4.78, 5) is 24.4. The summed E-state index contributed by atoms with van der Waals surface area (Å²) in [6, 6.07) is 1.54. The zero-order valence-electron chi connectivity index (χ0n) is 10.2. The third-order valence-electron chi connectivity index (χ3n) is 3.02. The van der Waals surface area contributed by atoms with Gasteiger partial charge in [0.25, 0.3) is 11.7 Å². The molecule has 0 spiro atoms. The summed E-state index contributed by atoms with van der Waals surface area (Å²) in [5.41, 5.74) is -0.356. The molecule has 0 aliphatic carbocycles. The van der Waals surface area contributed by atoms with Crippen LogP contribution in [0.25, 0.3) is 0 Å². The van der Waals surface area contributed by atoms with Gasteiger partial charge in [0, 0.05) is 19.2 Å². The topological polar surface area (TPSA) is 57.6 Å². The summed E-state index contributed by atoms with van der Waals surface area (Å²) in [5.74, 6) is -3.49. The van der Waals surface area contributed by atoms with Crippen molar-refractivity contribution in [1.82, 2.24) is 0 Å². The van der Waals surface area contributed by atoms with Gasteiger partial charge in [-0.15, -0.1) is 0 Å². The Morgan fingerprint density at radius 3 is 2.53 bits per heavy atom. The number of aliphatic hydroxyl groups is 1. The van der Waals surface area contributed by atoms with Crippen molar-refractivity contribution in [1.29, 1.82) is 0 Å². The highest BCUT2D eigenvalue weighted by molar-refractivity contribution is 6.52. The van der Waals surface area contributed by atoms with Gasteiger partial charge in [0.2, 0.25) is 0 Å². The highest BCUT2D eigenvalue weighted by atomic mass is 19.1. The van der Waals surface area contributed by atoms with Crippen LogP contribution in [0.4, 0.5) is 14.5 Å². The van der Waals surface area contributed by atoms with Gasteiger partial charge in [-0.05, 0) is 25.3 Å². The molecule has 0 radical (unpaired) electrons. The highest BCUT2D eigenvalue weighted by Crippen LogP contribution is 2.32.